The van der Waals surface area contributed by atoms with E-state index in [-0.39, 0.29) is 11.9 Å². The van der Waals surface area contributed by atoms with E-state index in [2.05, 4.69) is 0 Å². The Morgan fingerprint density at radius 1 is 1.21 bits per heavy atom. The predicted octanol–water partition coefficient (Wildman–Crippen LogP) is 2.30. The van der Waals surface area contributed by atoms with Gasteiger partial charge in [-0.05, 0) is 25.2 Å². The summed E-state index contributed by atoms with van der Waals surface area (Å²) in [5.74, 6) is 3.13. The van der Waals surface area contributed by atoms with Crippen LogP contribution in [0.15, 0.2) is 0 Å². The highest BCUT2D eigenvalue weighted by atomic mass is 32.2. The maximum absolute atomic E-state index is 12.6. The molecule has 2 saturated heterocycles. The molecule has 0 bridgehead atoms. The molecule has 3 nitrogen and oxygen atoms in total. The molecule has 2 N–H and O–H groups in total. The first-order valence-corrected chi connectivity index (χ1v) is 9.50. The van der Waals surface area contributed by atoms with Gasteiger partial charge in [0.2, 0.25) is 5.91 Å². The Balaban J connectivity index is 1.58. The molecule has 5 heteroatoms. The van der Waals surface area contributed by atoms with Crippen molar-refractivity contribution < 1.29 is 4.79 Å². The van der Waals surface area contributed by atoms with Crippen molar-refractivity contribution in [3.63, 3.8) is 0 Å². The molecule has 2 aliphatic heterocycles. The van der Waals surface area contributed by atoms with Crippen molar-refractivity contribution in [2.24, 2.45) is 11.7 Å². The van der Waals surface area contributed by atoms with Crippen LogP contribution in [0, 0.1) is 5.92 Å². The number of nitrogens with zero attached hydrogens (tertiary/aromatic N) is 1. The fourth-order valence-electron chi connectivity index (χ4n) is 3.58. The summed E-state index contributed by atoms with van der Waals surface area (Å²) in [7, 11) is 0. The van der Waals surface area contributed by atoms with Crippen LogP contribution in [0.4, 0.5) is 0 Å². The summed E-state index contributed by atoms with van der Waals surface area (Å²) in [4.78, 5) is 14.6. The summed E-state index contributed by atoms with van der Waals surface area (Å²) in [6.45, 7) is 1.83. The van der Waals surface area contributed by atoms with Gasteiger partial charge in [-0.25, -0.2) is 0 Å². The van der Waals surface area contributed by atoms with Crippen LogP contribution in [-0.2, 0) is 4.79 Å². The molecule has 0 aromatic carbocycles. The van der Waals surface area contributed by atoms with Crippen molar-refractivity contribution in [3.8, 4) is 0 Å². The van der Waals surface area contributed by atoms with Crippen LogP contribution in [0.2, 0.25) is 0 Å². The van der Waals surface area contributed by atoms with E-state index < -0.39 is 0 Å². The summed E-state index contributed by atoms with van der Waals surface area (Å²) in [6.07, 6.45) is 7.26. The number of rotatable bonds is 2. The summed E-state index contributed by atoms with van der Waals surface area (Å²) in [5.41, 5.74) is 6.25. The number of carbonyl (C=O) groups is 1. The molecule has 1 aliphatic carbocycles. The SMILES string of the molecule is NC(C(=O)N1CCC2(C1)SCCS2)C1CCCCC1. The molecule has 2 heterocycles. The topological polar surface area (TPSA) is 46.3 Å². The quantitative estimate of drug-likeness (QED) is 0.850. The number of thioether (sulfide) groups is 2. The van der Waals surface area contributed by atoms with Crippen molar-refractivity contribution in [2.75, 3.05) is 24.6 Å². The lowest BCUT2D eigenvalue weighted by molar-refractivity contribution is -0.133. The number of carbonyl (C=O) groups excluding carboxylic acids is 1. The van der Waals surface area contributed by atoms with Gasteiger partial charge in [-0.1, -0.05) is 19.3 Å². The monoisotopic (exact) mass is 300 g/mol. The minimum Gasteiger partial charge on any atom is -0.339 e. The Morgan fingerprint density at radius 3 is 2.58 bits per heavy atom. The van der Waals surface area contributed by atoms with Gasteiger partial charge in [-0.2, -0.15) is 0 Å². The molecule has 108 valence electrons. The van der Waals surface area contributed by atoms with Crippen LogP contribution >= 0.6 is 23.5 Å². The predicted molar refractivity (Wildman–Crippen MR) is 83.4 cm³/mol. The van der Waals surface area contributed by atoms with Crippen molar-refractivity contribution in [3.05, 3.63) is 0 Å². The smallest absolute Gasteiger partial charge is 0.239 e. The molecule has 1 atom stereocenters. The highest BCUT2D eigenvalue weighted by Gasteiger charge is 2.44. The van der Waals surface area contributed by atoms with E-state index in [9.17, 15) is 4.79 Å². The van der Waals surface area contributed by atoms with E-state index >= 15 is 0 Å². The van der Waals surface area contributed by atoms with Crippen molar-refractivity contribution in [2.45, 2.75) is 48.6 Å². The third-order valence-electron chi connectivity index (χ3n) is 4.76. The lowest BCUT2D eigenvalue weighted by Crippen LogP contribution is -2.48. The van der Waals surface area contributed by atoms with E-state index in [0.717, 1.165) is 32.4 Å². The standard InChI is InChI=1S/C14H24N2OS2/c15-12(11-4-2-1-3-5-11)13(17)16-7-6-14(10-16)18-8-9-19-14/h11-12H,1-10,15H2. The molecule has 1 saturated carbocycles. The number of amides is 1. The number of hydrogen-bond donors (Lipinski definition) is 1. The van der Waals surface area contributed by atoms with E-state index in [1.54, 1.807) is 0 Å². The largest absolute Gasteiger partial charge is 0.339 e. The second-order valence-electron chi connectivity index (χ2n) is 6.04. The van der Waals surface area contributed by atoms with Crippen LogP contribution in [0.3, 0.4) is 0 Å². The first-order chi connectivity index (χ1) is 9.20. The maximum Gasteiger partial charge on any atom is 0.239 e. The summed E-state index contributed by atoms with van der Waals surface area (Å²) in [6, 6.07) is -0.244. The van der Waals surface area contributed by atoms with Gasteiger partial charge < -0.3 is 10.6 Å². The fourth-order valence-corrected chi connectivity index (χ4v) is 6.79. The zero-order valence-electron chi connectivity index (χ0n) is 11.5. The van der Waals surface area contributed by atoms with Crippen LogP contribution in [-0.4, -0.2) is 45.5 Å². The van der Waals surface area contributed by atoms with E-state index in [1.807, 2.05) is 28.4 Å². The summed E-state index contributed by atoms with van der Waals surface area (Å²) < 4.78 is 0.307. The van der Waals surface area contributed by atoms with Crippen molar-refractivity contribution in [1.29, 1.82) is 0 Å². The molecule has 0 radical (unpaired) electrons. The molecule has 3 aliphatic rings. The number of hydrogen-bond acceptors (Lipinski definition) is 4. The second kappa shape index (κ2) is 5.86. The molecule has 1 unspecified atom stereocenters. The highest BCUT2D eigenvalue weighted by Crippen LogP contribution is 2.49. The Hall–Kier alpha value is 0.130. The first-order valence-electron chi connectivity index (χ1n) is 7.52. The Labute approximate surface area is 124 Å². The van der Waals surface area contributed by atoms with Crippen LogP contribution < -0.4 is 5.73 Å². The maximum atomic E-state index is 12.6. The van der Waals surface area contributed by atoms with E-state index in [4.69, 9.17) is 5.73 Å². The third-order valence-corrected chi connectivity index (χ3v) is 8.26. The average Bonchev–Trinajstić information content (AvgIpc) is 3.09. The van der Waals surface area contributed by atoms with Crippen molar-refractivity contribution in [1.82, 2.24) is 4.90 Å². The van der Waals surface area contributed by atoms with Crippen molar-refractivity contribution >= 4 is 29.4 Å². The van der Waals surface area contributed by atoms with Gasteiger partial charge >= 0.3 is 0 Å². The molecular weight excluding hydrogens is 276 g/mol. The minimum absolute atomic E-state index is 0.219. The highest BCUT2D eigenvalue weighted by molar-refractivity contribution is 8.21. The Morgan fingerprint density at radius 2 is 1.89 bits per heavy atom. The lowest BCUT2D eigenvalue weighted by atomic mass is 9.84. The van der Waals surface area contributed by atoms with Crippen LogP contribution in [0.25, 0.3) is 0 Å². The molecule has 1 spiro atoms. The van der Waals surface area contributed by atoms with Gasteiger partial charge in [0.15, 0.2) is 0 Å². The van der Waals surface area contributed by atoms with Gasteiger partial charge in [0.05, 0.1) is 10.1 Å². The summed E-state index contributed by atoms with van der Waals surface area (Å²) >= 11 is 4.10. The molecule has 0 aromatic rings. The van der Waals surface area contributed by atoms with Crippen LogP contribution in [0.1, 0.15) is 38.5 Å². The van der Waals surface area contributed by atoms with Gasteiger partial charge in [0.25, 0.3) is 0 Å². The molecule has 3 fully saturated rings. The Bertz CT molecular complexity index is 338. The number of nitrogens with two attached hydrogens (primary N) is 1. The lowest BCUT2D eigenvalue weighted by Gasteiger charge is -2.30. The minimum atomic E-state index is -0.244. The Kier molecular flexibility index (Phi) is 4.34. The number of likely N-dealkylation sites (tertiary alicyclic amines) is 1. The fraction of sp³-hybridized carbons (Fsp3) is 0.929. The van der Waals surface area contributed by atoms with E-state index in [0.29, 0.717) is 10.00 Å². The third kappa shape index (κ3) is 2.93. The van der Waals surface area contributed by atoms with Gasteiger partial charge in [0.1, 0.15) is 0 Å². The normalized spacial score (nSPS) is 29.0. The molecule has 0 aromatic heterocycles. The zero-order valence-corrected chi connectivity index (χ0v) is 13.1. The van der Waals surface area contributed by atoms with Crippen LogP contribution in [0.5, 0.6) is 0 Å². The molecule has 19 heavy (non-hydrogen) atoms. The van der Waals surface area contributed by atoms with Gasteiger partial charge in [-0.15, -0.1) is 23.5 Å². The van der Waals surface area contributed by atoms with E-state index in [1.165, 1.54) is 30.8 Å². The zero-order chi connectivity index (χ0) is 13.3. The summed E-state index contributed by atoms with van der Waals surface area (Å²) in [5, 5.41) is 0. The van der Waals surface area contributed by atoms with Gasteiger partial charge in [-0.3, -0.25) is 4.79 Å². The second-order valence-corrected chi connectivity index (χ2v) is 9.26. The average molecular weight is 300 g/mol. The molecular formula is C14H24N2OS2. The molecule has 1 amide bonds. The molecule has 3 rings (SSSR count). The first kappa shape index (κ1) is 14.1. The van der Waals surface area contributed by atoms with Gasteiger partial charge in [0, 0.05) is 24.6 Å².